The maximum Gasteiger partial charge on any atom is 0.254 e. The van der Waals surface area contributed by atoms with E-state index in [-0.39, 0.29) is 35.3 Å². The van der Waals surface area contributed by atoms with E-state index in [1.165, 1.54) is 4.90 Å². The normalized spacial score (nSPS) is 24.4. The van der Waals surface area contributed by atoms with E-state index in [9.17, 15) is 24.0 Å². The molecule has 1 saturated carbocycles. The maximum absolute atomic E-state index is 13.0. The van der Waals surface area contributed by atoms with E-state index in [0.29, 0.717) is 77.5 Å². The van der Waals surface area contributed by atoms with Crippen LogP contribution in [0.1, 0.15) is 56.4 Å². The number of nitrogens with one attached hydrogen (secondary N) is 1. The third-order valence-corrected chi connectivity index (χ3v) is 9.24. The summed E-state index contributed by atoms with van der Waals surface area (Å²) < 4.78 is 18.9. The average Bonchev–Trinajstić information content (AvgIpc) is 3.56. The molecule has 2 unspecified atom stereocenters. The van der Waals surface area contributed by atoms with Crippen LogP contribution in [0.2, 0.25) is 0 Å². The molecule has 2 atom stereocenters. The first-order valence-corrected chi connectivity index (χ1v) is 15.2. The van der Waals surface area contributed by atoms with E-state index in [1.807, 2.05) is 23.2 Å². The molecule has 4 heterocycles. The van der Waals surface area contributed by atoms with Gasteiger partial charge in [0.2, 0.25) is 18.2 Å². The van der Waals surface area contributed by atoms with Crippen LogP contribution in [0.3, 0.4) is 0 Å². The molecule has 5 aliphatic rings. The van der Waals surface area contributed by atoms with Crippen LogP contribution in [0, 0.1) is 0 Å². The first-order chi connectivity index (χ1) is 20.9. The van der Waals surface area contributed by atoms with Crippen molar-refractivity contribution in [3.8, 4) is 0 Å². The van der Waals surface area contributed by atoms with Crippen LogP contribution >= 0.6 is 0 Å². The van der Waals surface area contributed by atoms with Crippen LogP contribution in [-0.4, -0.2) is 96.2 Å². The summed E-state index contributed by atoms with van der Waals surface area (Å²) in [7, 11) is 0. The highest BCUT2D eigenvalue weighted by molar-refractivity contribution is 6.07. The fourth-order valence-corrected chi connectivity index (χ4v) is 6.70. The van der Waals surface area contributed by atoms with Gasteiger partial charge in [-0.05, 0) is 43.7 Å². The second-order valence-corrected chi connectivity index (χ2v) is 11.9. The summed E-state index contributed by atoms with van der Waals surface area (Å²) in [6.07, 6.45) is 9.61. The lowest BCUT2D eigenvalue weighted by atomic mass is 9.96. The fraction of sp³-hybridized carbons (Fsp3) is 0.581. The lowest BCUT2D eigenvalue weighted by molar-refractivity contribution is -0.142. The number of carbonyl (C=O) groups is 4. The molecule has 1 spiro atoms. The fourth-order valence-electron chi connectivity index (χ4n) is 6.70. The van der Waals surface area contributed by atoms with Gasteiger partial charge in [-0.25, -0.2) is 0 Å². The number of aromatic nitrogens is 1. The molecule has 4 fully saturated rings. The number of carbonyl (C=O) groups excluding carboxylic acids is 4. The molecule has 0 bridgehead atoms. The third-order valence-electron chi connectivity index (χ3n) is 9.24. The molecular formula is C31H38N4O8. The van der Waals surface area contributed by atoms with Crippen LogP contribution in [0.15, 0.2) is 46.1 Å². The number of likely N-dealkylation sites (tertiary alicyclic amines) is 2. The Morgan fingerprint density at radius 3 is 2.53 bits per heavy atom. The molecule has 4 amide bonds. The minimum Gasteiger partial charge on any atom is -0.495 e. The molecular weight excluding hydrogens is 556 g/mol. The van der Waals surface area contributed by atoms with Crippen molar-refractivity contribution in [2.75, 3.05) is 46.1 Å². The van der Waals surface area contributed by atoms with Gasteiger partial charge in [0, 0.05) is 60.8 Å². The van der Waals surface area contributed by atoms with Crippen molar-refractivity contribution in [3.05, 3.63) is 57.2 Å². The van der Waals surface area contributed by atoms with Gasteiger partial charge in [-0.2, -0.15) is 0 Å². The Labute approximate surface area is 249 Å². The molecule has 6 rings (SSSR count). The van der Waals surface area contributed by atoms with Gasteiger partial charge >= 0.3 is 0 Å². The van der Waals surface area contributed by atoms with Crippen molar-refractivity contribution in [1.29, 1.82) is 0 Å². The summed E-state index contributed by atoms with van der Waals surface area (Å²) in [6.45, 7) is 3.25. The number of nitrogens with zero attached hydrogens (tertiary/aromatic N) is 3. The van der Waals surface area contributed by atoms with Gasteiger partial charge in [-0.3, -0.25) is 29.3 Å². The second kappa shape index (κ2) is 12.5. The Morgan fingerprint density at radius 2 is 1.81 bits per heavy atom. The van der Waals surface area contributed by atoms with Gasteiger partial charge < -0.3 is 28.6 Å². The zero-order valence-corrected chi connectivity index (χ0v) is 24.3. The van der Waals surface area contributed by atoms with Gasteiger partial charge in [-0.15, -0.1) is 0 Å². The van der Waals surface area contributed by atoms with Crippen LogP contribution in [0.4, 0.5) is 0 Å². The lowest BCUT2D eigenvalue weighted by Crippen LogP contribution is -2.52. The van der Waals surface area contributed by atoms with Crippen molar-refractivity contribution < 1.29 is 33.4 Å². The van der Waals surface area contributed by atoms with Crippen molar-refractivity contribution in [3.63, 3.8) is 0 Å². The van der Waals surface area contributed by atoms with Crippen LogP contribution in [0.25, 0.3) is 0 Å². The number of pyridine rings is 1. The molecule has 43 heavy (non-hydrogen) atoms. The summed E-state index contributed by atoms with van der Waals surface area (Å²) >= 11 is 0. The monoisotopic (exact) mass is 594 g/mol. The Morgan fingerprint density at radius 1 is 1.02 bits per heavy atom. The first kappa shape index (κ1) is 29.3. The number of rotatable bonds is 13. The van der Waals surface area contributed by atoms with Gasteiger partial charge in [0.05, 0.1) is 33.0 Å². The Balaban J connectivity index is 0.881. The highest BCUT2D eigenvalue weighted by Gasteiger charge is 2.54. The molecule has 12 heteroatoms. The summed E-state index contributed by atoms with van der Waals surface area (Å²) in [5, 5.41) is 2.32. The molecule has 1 aromatic rings. The summed E-state index contributed by atoms with van der Waals surface area (Å²) in [6, 6.07) is 3.02. The lowest BCUT2D eigenvalue weighted by Gasteiger charge is -2.28. The number of fused-ring (bicyclic) bond motifs is 1. The van der Waals surface area contributed by atoms with Crippen molar-refractivity contribution >= 4 is 24.1 Å². The number of imide groups is 1. The number of allylic oxidation sites excluding steroid dienone is 2. The minimum atomic E-state index is -0.644. The zero-order chi connectivity index (χ0) is 30.0. The molecule has 12 nitrogen and oxygen atoms in total. The Bertz CT molecular complexity index is 1410. The number of hydrogen-bond acceptors (Lipinski definition) is 8. The van der Waals surface area contributed by atoms with E-state index < -0.39 is 11.9 Å². The number of amides is 4. The first-order valence-electron chi connectivity index (χ1n) is 15.2. The van der Waals surface area contributed by atoms with E-state index in [1.54, 1.807) is 10.6 Å². The highest BCUT2D eigenvalue weighted by Crippen LogP contribution is 2.53. The van der Waals surface area contributed by atoms with E-state index in [0.717, 1.165) is 42.6 Å². The second-order valence-electron chi connectivity index (χ2n) is 11.9. The summed E-state index contributed by atoms with van der Waals surface area (Å²) in [5.74, 6) is 0.0420. The van der Waals surface area contributed by atoms with Crippen LogP contribution in [0.5, 0.6) is 0 Å². The van der Waals surface area contributed by atoms with E-state index >= 15 is 0 Å². The van der Waals surface area contributed by atoms with E-state index in [2.05, 4.69) is 5.32 Å². The predicted molar refractivity (Wildman–Crippen MR) is 153 cm³/mol. The smallest absolute Gasteiger partial charge is 0.254 e. The van der Waals surface area contributed by atoms with Crippen LogP contribution in [-0.2, 0) is 39.9 Å². The quantitative estimate of drug-likeness (QED) is 0.203. The molecule has 1 aromatic heterocycles. The Hall–Kier alpha value is -3.77. The van der Waals surface area contributed by atoms with E-state index in [4.69, 9.17) is 14.2 Å². The minimum absolute atomic E-state index is 0.0373. The molecule has 2 aliphatic carbocycles. The molecule has 0 radical (unpaired) electrons. The maximum atomic E-state index is 13.0. The topological polar surface area (TPSA) is 136 Å². The molecule has 1 N–H and O–H groups in total. The van der Waals surface area contributed by atoms with Crippen LogP contribution < -0.4 is 10.9 Å². The van der Waals surface area contributed by atoms with Crippen molar-refractivity contribution in [2.24, 2.45) is 0 Å². The largest absolute Gasteiger partial charge is 0.495 e. The van der Waals surface area contributed by atoms with Gasteiger partial charge in [0.25, 0.3) is 11.5 Å². The average molecular weight is 595 g/mol. The number of ether oxygens (including phenoxy) is 3. The van der Waals surface area contributed by atoms with Gasteiger partial charge in [-0.1, -0.05) is 6.08 Å². The molecule has 3 saturated heterocycles. The SMILES string of the molecule is O=CN1CC(c2ccn(CCOCCOCCOC3=C4CN(C5CCC(=O)NC5=O)C(=O)C4=CCC3)c(=O)c2)CC12CC2. The Kier molecular flexibility index (Phi) is 8.49. The zero-order valence-electron chi connectivity index (χ0n) is 24.3. The van der Waals surface area contributed by atoms with Gasteiger partial charge in [0.1, 0.15) is 18.4 Å². The summed E-state index contributed by atoms with van der Waals surface area (Å²) in [4.78, 5) is 64.2. The molecule has 0 aromatic carbocycles. The number of hydrogen-bond donors (Lipinski definition) is 1. The summed E-state index contributed by atoms with van der Waals surface area (Å²) in [5.41, 5.74) is 2.37. The highest BCUT2D eigenvalue weighted by atomic mass is 16.5. The van der Waals surface area contributed by atoms with Crippen molar-refractivity contribution in [2.45, 2.75) is 69.0 Å². The van der Waals surface area contributed by atoms with Gasteiger partial charge in [0.15, 0.2) is 0 Å². The predicted octanol–water partition coefficient (Wildman–Crippen LogP) is 0.998. The molecule has 230 valence electrons. The number of piperidine rings is 1. The third kappa shape index (κ3) is 6.16. The van der Waals surface area contributed by atoms with Crippen molar-refractivity contribution in [1.82, 2.24) is 19.7 Å². The standard InChI is InChI=1S/C31H38N4O8/c36-20-34-18-22(17-31(34)7-8-31)21-6-9-33(28(38)16-21)10-11-41-12-13-42-14-15-43-26-3-1-2-23-24(26)19-35(30(23)40)25-4-5-27(37)32-29(25)39/h2,6,9,16,20,22,25H,1,3-5,7-8,10-15,17-19H2,(H,32,37,39). The molecule has 3 aliphatic heterocycles.